The highest BCUT2D eigenvalue weighted by Crippen LogP contribution is 2.58. The molecular weight excluding hydrogens is 330 g/mol. The number of allylic oxidation sites excluding steroid dienone is 1. The van der Waals surface area contributed by atoms with Gasteiger partial charge in [-0.2, -0.15) is 0 Å². The van der Waals surface area contributed by atoms with E-state index < -0.39 is 0 Å². The lowest BCUT2D eigenvalue weighted by Crippen LogP contribution is -1.90. The van der Waals surface area contributed by atoms with E-state index in [-0.39, 0.29) is 0 Å². The Balaban J connectivity index is 2.19. The van der Waals surface area contributed by atoms with Crippen molar-refractivity contribution in [3.8, 4) is 0 Å². The molecule has 2 nitrogen and oxygen atoms in total. The molecule has 0 unspecified atom stereocenters. The van der Waals surface area contributed by atoms with Crippen molar-refractivity contribution in [2.75, 3.05) is 6.26 Å². The van der Waals surface area contributed by atoms with Crippen LogP contribution in [-0.4, -0.2) is 6.26 Å². The molecule has 2 aromatic rings. The lowest BCUT2D eigenvalue weighted by Gasteiger charge is -2.09. The van der Waals surface area contributed by atoms with Crippen LogP contribution in [0, 0.1) is 4.91 Å². The molecule has 3 rings (SSSR count). The number of benzene rings is 2. The van der Waals surface area contributed by atoms with E-state index in [1.807, 2.05) is 48.5 Å². The second-order valence-electron chi connectivity index (χ2n) is 4.53. The Labute approximate surface area is 141 Å². The van der Waals surface area contributed by atoms with Crippen LogP contribution in [0.4, 0.5) is 0 Å². The minimum absolute atomic E-state index is 0.515. The predicted octanol–water partition coefficient (Wildman–Crippen LogP) is 6.25. The summed E-state index contributed by atoms with van der Waals surface area (Å²) < 4.78 is 1.21. The lowest BCUT2D eigenvalue weighted by atomic mass is 10.0. The summed E-state index contributed by atoms with van der Waals surface area (Å²) in [5, 5.41) is 3.34. The van der Waals surface area contributed by atoms with Gasteiger partial charge < -0.3 is 0 Å². The van der Waals surface area contributed by atoms with Crippen molar-refractivity contribution in [2.24, 2.45) is 5.18 Å². The third-order valence-corrected chi connectivity index (χ3v) is 7.13. The van der Waals surface area contributed by atoms with Crippen LogP contribution in [0.2, 0.25) is 0 Å². The molecule has 0 bridgehead atoms. The summed E-state index contributed by atoms with van der Waals surface area (Å²) in [6.07, 6.45) is 2.06. The molecule has 0 spiro atoms. The standard InChI is InChI=1S/C17H13NOS3/c1-20-17-14(12-8-4-2-5-9-12)16(21-22-17)15(18-19)13-10-6-3-7-11-13/h2-11H,1H3/b16-15-. The van der Waals surface area contributed by atoms with E-state index >= 15 is 0 Å². The smallest absolute Gasteiger partial charge is 0.130 e. The largest absolute Gasteiger partial charge is 0.145 e. The summed E-state index contributed by atoms with van der Waals surface area (Å²) >= 11 is 1.71. The topological polar surface area (TPSA) is 29.4 Å². The van der Waals surface area contributed by atoms with Crippen LogP contribution >= 0.6 is 33.3 Å². The van der Waals surface area contributed by atoms with Gasteiger partial charge in [0.05, 0.1) is 9.14 Å². The number of hydrogen-bond acceptors (Lipinski definition) is 5. The average molecular weight is 343 g/mol. The molecule has 0 aromatic heterocycles. The number of thioether (sulfide) groups is 1. The molecule has 0 amide bonds. The molecule has 1 aliphatic rings. The number of nitroso groups, excluding NO2 is 1. The van der Waals surface area contributed by atoms with Crippen molar-refractivity contribution in [1.29, 1.82) is 0 Å². The van der Waals surface area contributed by atoms with Crippen LogP contribution in [0.15, 0.2) is 75.0 Å². The predicted molar refractivity (Wildman–Crippen MR) is 101 cm³/mol. The number of rotatable bonds is 4. The molecule has 0 radical (unpaired) electrons. The normalized spacial score (nSPS) is 16.8. The first-order valence-electron chi connectivity index (χ1n) is 6.66. The van der Waals surface area contributed by atoms with E-state index in [0.29, 0.717) is 5.70 Å². The third kappa shape index (κ3) is 3.02. The fourth-order valence-electron chi connectivity index (χ4n) is 2.22. The van der Waals surface area contributed by atoms with Crippen molar-refractivity contribution in [1.82, 2.24) is 0 Å². The number of hydrogen-bond donors (Lipinski definition) is 0. The van der Waals surface area contributed by atoms with Gasteiger partial charge in [-0.25, -0.2) is 0 Å². The van der Waals surface area contributed by atoms with E-state index in [0.717, 1.165) is 21.6 Å². The maximum absolute atomic E-state index is 11.5. The van der Waals surface area contributed by atoms with Crippen molar-refractivity contribution in [3.05, 3.63) is 85.8 Å². The van der Waals surface area contributed by atoms with Gasteiger partial charge >= 0.3 is 0 Å². The SMILES string of the molecule is CSC1=C(c2ccccc2)/C(=C(/N=O)c2ccccc2)SS1. The van der Waals surface area contributed by atoms with Crippen LogP contribution in [-0.2, 0) is 0 Å². The van der Waals surface area contributed by atoms with Crippen LogP contribution in [0.25, 0.3) is 11.3 Å². The minimum atomic E-state index is 0.515. The summed E-state index contributed by atoms with van der Waals surface area (Å²) in [7, 11) is 3.31. The Morgan fingerprint density at radius 3 is 2.18 bits per heavy atom. The molecule has 2 aromatic carbocycles. The maximum Gasteiger partial charge on any atom is 0.130 e. The van der Waals surface area contributed by atoms with Gasteiger partial charge in [0.25, 0.3) is 0 Å². The highest BCUT2D eigenvalue weighted by molar-refractivity contribution is 8.82. The molecule has 1 heterocycles. The molecule has 0 saturated heterocycles. The van der Waals surface area contributed by atoms with Crippen LogP contribution in [0.5, 0.6) is 0 Å². The van der Waals surface area contributed by atoms with Gasteiger partial charge in [-0.1, -0.05) is 60.7 Å². The Kier molecular flexibility index (Phi) is 5.08. The zero-order chi connectivity index (χ0) is 15.4. The first kappa shape index (κ1) is 15.5. The van der Waals surface area contributed by atoms with Crippen LogP contribution in [0.1, 0.15) is 11.1 Å². The van der Waals surface area contributed by atoms with Crippen LogP contribution < -0.4 is 0 Å². The minimum Gasteiger partial charge on any atom is -0.145 e. The van der Waals surface area contributed by atoms with Crippen molar-refractivity contribution >= 4 is 44.6 Å². The van der Waals surface area contributed by atoms with E-state index in [2.05, 4.69) is 23.6 Å². The summed E-state index contributed by atoms with van der Waals surface area (Å²) in [4.78, 5) is 12.5. The monoisotopic (exact) mass is 343 g/mol. The Bertz CT molecular complexity index is 739. The molecule has 22 heavy (non-hydrogen) atoms. The molecular formula is C17H13NOS3. The summed E-state index contributed by atoms with van der Waals surface area (Å²) in [6.45, 7) is 0. The van der Waals surface area contributed by atoms with Gasteiger partial charge in [-0.05, 0) is 38.6 Å². The highest BCUT2D eigenvalue weighted by atomic mass is 33.1. The van der Waals surface area contributed by atoms with Crippen molar-refractivity contribution in [2.45, 2.75) is 0 Å². The average Bonchev–Trinajstić information content (AvgIpc) is 3.01. The molecule has 1 aliphatic heterocycles. The first-order valence-corrected chi connectivity index (χ1v) is 10.0. The second-order valence-corrected chi connectivity index (χ2v) is 7.76. The first-order chi connectivity index (χ1) is 10.8. The Hall–Kier alpha value is -1.43. The van der Waals surface area contributed by atoms with E-state index in [9.17, 15) is 4.91 Å². The maximum atomic E-state index is 11.5. The van der Waals surface area contributed by atoms with E-state index in [1.54, 1.807) is 33.3 Å². The fourth-order valence-corrected chi connectivity index (χ4v) is 6.18. The van der Waals surface area contributed by atoms with Gasteiger partial charge in [-0.3, -0.25) is 0 Å². The molecule has 110 valence electrons. The van der Waals surface area contributed by atoms with Gasteiger partial charge in [0.1, 0.15) is 5.70 Å². The Morgan fingerprint density at radius 1 is 0.955 bits per heavy atom. The third-order valence-electron chi connectivity index (χ3n) is 3.23. The quantitative estimate of drug-likeness (QED) is 0.485. The van der Waals surface area contributed by atoms with Gasteiger partial charge in [0, 0.05) is 11.1 Å². The molecule has 0 fully saturated rings. The van der Waals surface area contributed by atoms with Gasteiger partial charge in [-0.15, -0.1) is 16.7 Å². The summed E-state index contributed by atoms with van der Waals surface area (Å²) in [5.74, 6) is 0. The zero-order valence-electron chi connectivity index (χ0n) is 11.9. The molecule has 0 atom stereocenters. The molecule has 0 aliphatic carbocycles. The molecule has 0 saturated carbocycles. The van der Waals surface area contributed by atoms with Gasteiger partial charge in [0.15, 0.2) is 0 Å². The summed E-state index contributed by atoms with van der Waals surface area (Å²) in [6, 6.07) is 19.8. The fraction of sp³-hybridized carbons (Fsp3) is 0.0588. The molecule has 5 heteroatoms. The number of nitrogens with zero attached hydrogens (tertiary/aromatic N) is 1. The lowest BCUT2D eigenvalue weighted by molar-refractivity contribution is 1.47. The van der Waals surface area contributed by atoms with Gasteiger partial charge in [0.2, 0.25) is 0 Å². The second kappa shape index (κ2) is 7.22. The van der Waals surface area contributed by atoms with E-state index in [4.69, 9.17) is 0 Å². The highest BCUT2D eigenvalue weighted by Gasteiger charge is 2.27. The van der Waals surface area contributed by atoms with Crippen molar-refractivity contribution < 1.29 is 0 Å². The van der Waals surface area contributed by atoms with Crippen molar-refractivity contribution in [3.63, 3.8) is 0 Å². The Morgan fingerprint density at radius 2 is 1.59 bits per heavy atom. The summed E-state index contributed by atoms with van der Waals surface area (Å²) in [5.41, 5.74) is 3.61. The zero-order valence-corrected chi connectivity index (χ0v) is 14.3. The van der Waals surface area contributed by atoms with Crippen LogP contribution in [0.3, 0.4) is 0 Å². The molecule has 0 N–H and O–H groups in total. The van der Waals surface area contributed by atoms with E-state index in [1.165, 1.54) is 4.24 Å².